The van der Waals surface area contributed by atoms with Crippen LogP contribution in [0.2, 0.25) is 0 Å². The van der Waals surface area contributed by atoms with E-state index in [1.165, 1.54) is 83.5 Å². The molecule has 4 heteroatoms. The van der Waals surface area contributed by atoms with E-state index in [1.807, 2.05) is 11.8 Å². The quantitative estimate of drug-likeness (QED) is 0.228. The zero-order valence-corrected chi connectivity index (χ0v) is 18.6. The van der Waals surface area contributed by atoms with E-state index in [-0.39, 0.29) is 12.5 Å². The molecule has 0 N–H and O–H groups in total. The molecule has 0 saturated heterocycles. The van der Waals surface area contributed by atoms with E-state index in [9.17, 15) is 4.79 Å². The first-order valence-corrected chi connectivity index (χ1v) is 11.6. The normalized spacial score (nSPS) is 11.1. The van der Waals surface area contributed by atoms with Gasteiger partial charge in [0.2, 0.25) is 5.91 Å². The van der Waals surface area contributed by atoms with Gasteiger partial charge in [-0.25, -0.2) is 0 Å². The molecular weight excluding hydrogens is 338 g/mol. The minimum atomic E-state index is 0.100. The molecule has 162 valence electrons. The van der Waals surface area contributed by atoms with E-state index in [4.69, 9.17) is 9.47 Å². The molecule has 0 fully saturated rings. The average molecular weight is 386 g/mol. The van der Waals surface area contributed by atoms with Crippen LogP contribution in [0.1, 0.15) is 104 Å². The molecule has 0 heterocycles. The molecule has 0 rings (SSSR count). The Morgan fingerprint density at radius 3 is 1.63 bits per heavy atom. The number of amides is 1. The Morgan fingerprint density at radius 1 is 0.704 bits per heavy atom. The highest BCUT2D eigenvalue weighted by atomic mass is 16.5. The first-order chi connectivity index (χ1) is 13.3. The van der Waals surface area contributed by atoms with Crippen molar-refractivity contribution in [3.63, 3.8) is 0 Å². The molecule has 0 bridgehead atoms. The number of carbonyl (C=O) groups is 1. The minimum absolute atomic E-state index is 0.100. The summed E-state index contributed by atoms with van der Waals surface area (Å²) in [6, 6.07) is 0. The van der Waals surface area contributed by atoms with E-state index >= 15 is 0 Å². The van der Waals surface area contributed by atoms with Crippen molar-refractivity contribution in [1.29, 1.82) is 0 Å². The molecule has 0 spiro atoms. The Kier molecular flexibility index (Phi) is 21.2. The molecule has 0 aromatic carbocycles. The van der Waals surface area contributed by atoms with Crippen molar-refractivity contribution in [2.45, 2.75) is 104 Å². The lowest BCUT2D eigenvalue weighted by atomic mass is 10.0. The van der Waals surface area contributed by atoms with E-state index in [0.29, 0.717) is 13.2 Å². The molecule has 0 aliphatic rings. The van der Waals surface area contributed by atoms with Crippen molar-refractivity contribution in [2.24, 2.45) is 0 Å². The molecule has 0 aliphatic carbocycles. The standard InChI is InChI=1S/C23H47NO3/c1-4-6-7-8-9-10-11-12-13-14-15-16-17-18-19-24(5-2)23(25)22-27-21-20-26-3/h4-22H2,1-3H3. The van der Waals surface area contributed by atoms with Crippen molar-refractivity contribution >= 4 is 5.91 Å². The lowest BCUT2D eigenvalue weighted by Gasteiger charge is -2.20. The molecular formula is C23H47NO3. The van der Waals surface area contributed by atoms with E-state index in [0.717, 1.165) is 19.5 Å². The topological polar surface area (TPSA) is 38.8 Å². The third kappa shape index (κ3) is 18.5. The zero-order chi connectivity index (χ0) is 20.0. The molecule has 0 aromatic rings. The number of likely N-dealkylation sites (N-methyl/N-ethyl adjacent to an activating group) is 1. The Bertz CT molecular complexity index is 310. The van der Waals surface area contributed by atoms with Crippen LogP contribution in [0, 0.1) is 0 Å². The van der Waals surface area contributed by atoms with E-state index < -0.39 is 0 Å². The van der Waals surface area contributed by atoms with Crippen LogP contribution in [-0.4, -0.2) is 50.8 Å². The predicted molar refractivity (Wildman–Crippen MR) is 115 cm³/mol. The van der Waals surface area contributed by atoms with Gasteiger partial charge < -0.3 is 14.4 Å². The van der Waals surface area contributed by atoms with Crippen LogP contribution in [0.25, 0.3) is 0 Å². The van der Waals surface area contributed by atoms with Gasteiger partial charge >= 0.3 is 0 Å². The fraction of sp³-hybridized carbons (Fsp3) is 0.957. The summed E-state index contributed by atoms with van der Waals surface area (Å²) >= 11 is 0. The number of rotatable bonds is 21. The Morgan fingerprint density at radius 2 is 1.19 bits per heavy atom. The van der Waals surface area contributed by atoms with Crippen molar-refractivity contribution in [3.05, 3.63) is 0 Å². The van der Waals surface area contributed by atoms with Crippen LogP contribution in [-0.2, 0) is 14.3 Å². The zero-order valence-electron chi connectivity index (χ0n) is 18.6. The molecule has 27 heavy (non-hydrogen) atoms. The highest BCUT2D eigenvalue weighted by Gasteiger charge is 2.10. The van der Waals surface area contributed by atoms with Gasteiger partial charge in [-0.2, -0.15) is 0 Å². The van der Waals surface area contributed by atoms with Gasteiger partial charge in [0.25, 0.3) is 0 Å². The van der Waals surface area contributed by atoms with Gasteiger partial charge in [-0.15, -0.1) is 0 Å². The molecule has 0 aliphatic heterocycles. The van der Waals surface area contributed by atoms with Crippen LogP contribution >= 0.6 is 0 Å². The number of hydrogen-bond acceptors (Lipinski definition) is 3. The maximum absolute atomic E-state index is 12.1. The third-order valence-electron chi connectivity index (χ3n) is 5.17. The molecule has 1 amide bonds. The average Bonchev–Trinajstić information content (AvgIpc) is 2.68. The Hall–Kier alpha value is -0.610. The molecule has 4 nitrogen and oxygen atoms in total. The second kappa shape index (κ2) is 21.7. The SMILES string of the molecule is CCCCCCCCCCCCCCCCN(CC)C(=O)COCCOC. The Balaban J connectivity index is 3.37. The van der Waals surface area contributed by atoms with Gasteiger partial charge in [0.1, 0.15) is 6.61 Å². The second-order valence-electron chi connectivity index (χ2n) is 7.61. The largest absolute Gasteiger partial charge is 0.382 e. The van der Waals surface area contributed by atoms with Crippen molar-refractivity contribution in [3.8, 4) is 0 Å². The summed E-state index contributed by atoms with van der Waals surface area (Å²) in [6.45, 7) is 7.15. The minimum Gasteiger partial charge on any atom is -0.382 e. The number of unbranched alkanes of at least 4 members (excludes halogenated alkanes) is 13. The Labute approximate surface area is 169 Å². The number of nitrogens with zero attached hydrogens (tertiary/aromatic N) is 1. The van der Waals surface area contributed by atoms with Crippen LogP contribution in [0.5, 0.6) is 0 Å². The van der Waals surface area contributed by atoms with Gasteiger partial charge in [-0.05, 0) is 13.3 Å². The maximum Gasteiger partial charge on any atom is 0.248 e. The summed E-state index contributed by atoms with van der Waals surface area (Å²) in [4.78, 5) is 14.0. The molecule has 0 unspecified atom stereocenters. The van der Waals surface area contributed by atoms with Crippen molar-refractivity contribution < 1.29 is 14.3 Å². The van der Waals surface area contributed by atoms with Crippen LogP contribution in [0.4, 0.5) is 0 Å². The van der Waals surface area contributed by atoms with Crippen molar-refractivity contribution in [1.82, 2.24) is 4.90 Å². The molecule has 0 aromatic heterocycles. The van der Waals surface area contributed by atoms with Gasteiger partial charge in [0.05, 0.1) is 13.2 Å². The highest BCUT2D eigenvalue weighted by Crippen LogP contribution is 2.13. The number of hydrogen-bond donors (Lipinski definition) is 0. The summed E-state index contributed by atoms with van der Waals surface area (Å²) in [7, 11) is 1.64. The third-order valence-corrected chi connectivity index (χ3v) is 5.17. The predicted octanol–water partition coefficient (Wildman–Crippen LogP) is 5.98. The number of carbonyl (C=O) groups excluding carboxylic acids is 1. The fourth-order valence-electron chi connectivity index (χ4n) is 3.35. The van der Waals surface area contributed by atoms with Gasteiger partial charge in [0, 0.05) is 20.2 Å². The number of ether oxygens (including phenoxy) is 2. The van der Waals surface area contributed by atoms with Gasteiger partial charge in [0.15, 0.2) is 0 Å². The summed E-state index contributed by atoms with van der Waals surface area (Å²) in [5.74, 6) is 0.100. The van der Waals surface area contributed by atoms with Crippen LogP contribution in [0.15, 0.2) is 0 Å². The van der Waals surface area contributed by atoms with Gasteiger partial charge in [-0.3, -0.25) is 4.79 Å². The smallest absolute Gasteiger partial charge is 0.248 e. The van der Waals surface area contributed by atoms with E-state index in [2.05, 4.69) is 6.92 Å². The fourth-order valence-corrected chi connectivity index (χ4v) is 3.35. The molecule has 0 radical (unpaired) electrons. The monoisotopic (exact) mass is 385 g/mol. The maximum atomic E-state index is 12.1. The summed E-state index contributed by atoms with van der Waals surface area (Å²) in [5.41, 5.74) is 0. The summed E-state index contributed by atoms with van der Waals surface area (Å²) in [6.07, 6.45) is 19.1. The highest BCUT2D eigenvalue weighted by molar-refractivity contribution is 5.77. The summed E-state index contributed by atoms with van der Waals surface area (Å²) in [5, 5.41) is 0. The van der Waals surface area contributed by atoms with Crippen LogP contribution < -0.4 is 0 Å². The molecule has 0 saturated carbocycles. The van der Waals surface area contributed by atoms with Crippen molar-refractivity contribution in [2.75, 3.05) is 40.0 Å². The molecule has 0 atom stereocenters. The van der Waals surface area contributed by atoms with E-state index in [1.54, 1.807) is 7.11 Å². The van der Waals surface area contributed by atoms with Crippen LogP contribution in [0.3, 0.4) is 0 Å². The number of methoxy groups -OCH3 is 1. The lowest BCUT2D eigenvalue weighted by molar-refractivity contribution is -0.136. The first-order valence-electron chi connectivity index (χ1n) is 11.6. The first kappa shape index (κ1) is 26.4. The summed E-state index contributed by atoms with van der Waals surface area (Å²) < 4.78 is 10.2. The second-order valence-corrected chi connectivity index (χ2v) is 7.61. The lowest BCUT2D eigenvalue weighted by Crippen LogP contribution is -2.35. The van der Waals surface area contributed by atoms with Gasteiger partial charge in [-0.1, -0.05) is 90.4 Å².